The van der Waals surface area contributed by atoms with Crippen molar-refractivity contribution < 1.29 is 58.5 Å². The van der Waals surface area contributed by atoms with Gasteiger partial charge in [0.15, 0.2) is 6.10 Å². The molecule has 8 atom stereocenters. The number of allylic oxidation sites excluding steroid dienone is 4. The number of ketones is 1. The molecule has 0 saturated carbocycles. The van der Waals surface area contributed by atoms with Gasteiger partial charge in [0.1, 0.15) is 29.7 Å². The fourth-order valence-electron chi connectivity index (χ4n) is 7.16. The zero-order valence-electron chi connectivity index (χ0n) is 35.7. The van der Waals surface area contributed by atoms with Gasteiger partial charge in [-0.05, 0) is 75.1 Å². The van der Waals surface area contributed by atoms with Crippen LogP contribution in [0.2, 0.25) is 0 Å². The van der Waals surface area contributed by atoms with E-state index in [0.717, 1.165) is 17.9 Å². The SMILES string of the molecule is CC(=O)CC[C@H]1C(=O)N[C@@H](C(C)C)C(=O)N[C@@H](Cc2cccc(O)c2)C(=O)N2CCCC(O2)C(=O)O[C@H](/C(C)=C/C=C/C(=O)N2CCCCO2)C/C=C/C=C/[C@H](O)[C@H](C)[C@H]1O. The average Bonchev–Trinajstić information content (AvgIpc) is 3.23. The molecule has 3 heterocycles. The predicted molar refractivity (Wildman–Crippen MR) is 223 cm³/mol. The maximum Gasteiger partial charge on any atom is 0.338 e. The second kappa shape index (κ2) is 23.7. The molecule has 0 aromatic heterocycles. The Morgan fingerprint density at radius 3 is 2.46 bits per heavy atom. The van der Waals surface area contributed by atoms with Gasteiger partial charge in [-0.25, -0.2) is 14.9 Å². The highest BCUT2D eigenvalue weighted by Crippen LogP contribution is 2.25. The average molecular weight is 851 g/mol. The lowest BCUT2D eigenvalue weighted by molar-refractivity contribution is -0.231. The number of hydroxylamine groups is 4. The lowest BCUT2D eigenvalue weighted by Crippen LogP contribution is -2.58. The maximum atomic E-state index is 14.3. The summed E-state index contributed by atoms with van der Waals surface area (Å²) in [5.74, 6) is -6.03. The minimum Gasteiger partial charge on any atom is -0.508 e. The number of fused-ring (bicyclic) bond motifs is 2. The number of ether oxygens (including phenoxy) is 1. The van der Waals surface area contributed by atoms with Gasteiger partial charge in [-0.2, -0.15) is 0 Å². The van der Waals surface area contributed by atoms with Crippen LogP contribution < -0.4 is 10.6 Å². The van der Waals surface area contributed by atoms with Crippen LogP contribution in [-0.2, 0) is 49.6 Å². The van der Waals surface area contributed by atoms with Crippen molar-refractivity contribution in [1.82, 2.24) is 20.8 Å². The molecule has 334 valence electrons. The number of cyclic esters (lactones) is 1. The lowest BCUT2D eigenvalue weighted by atomic mass is 9.84. The van der Waals surface area contributed by atoms with Gasteiger partial charge in [-0.15, -0.1) is 0 Å². The van der Waals surface area contributed by atoms with E-state index >= 15 is 0 Å². The minimum absolute atomic E-state index is 0.0367. The standard InChI is InChI=1S/C45H62N4O12/c1-28(2)40-43(56)46-35(27-32-15-12-16-33(51)26-32)44(57)49-24-13-19-38(61-49)45(58)60-37(29(3)14-11-20-39(53)48-23-9-10-25-59-48)18-8-6-7-17-36(52)31(5)41(54)34(42(55)47-40)22-21-30(4)50/h6-8,11-12,14-17,20,26,28,31,34-38,40-41,51-52,54H,9-10,13,18-19,21-25,27H2,1-5H3,(H,46,56)(H,47,55)/b8-6+,17-7+,20-11+,29-14+/t31-,34+,35-,36-,37-,38?,40-,41+/m0/s1. The second-order valence-corrected chi connectivity index (χ2v) is 16.3. The zero-order valence-corrected chi connectivity index (χ0v) is 35.7. The third-order valence-corrected chi connectivity index (χ3v) is 11.0. The lowest BCUT2D eigenvalue weighted by Gasteiger charge is -2.35. The number of aliphatic hydroxyl groups excluding tert-OH is 2. The van der Waals surface area contributed by atoms with Crippen LogP contribution in [0.5, 0.6) is 5.75 Å². The summed E-state index contributed by atoms with van der Waals surface area (Å²) in [5, 5.41) is 40.6. The van der Waals surface area contributed by atoms with Crippen LogP contribution in [0, 0.1) is 17.8 Å². The number of phenols is 1. The molecule has 16 nitrogen and oxygen atoms in total. The van der Waals surface area contributed by atoms with Gasteiger partial charge >= 0.3 is 5.97 Å². The Labute approximate surface area is 357 Å². The van der Waals surface area contributed by atoms with Gasteiger partial charge in [0.25, 0.3) is 11.8 Å². The van der Waals surface area contributed by atoms with Crippen LogP contribution in [0.3, 0.4) is 0 Å². The first-order valence-electron chi connectivity index (χ1n) is 21.1. The van der Waals surface area contributed by atoms with E-state index in [4.69, 9.17) is 14.4 Å². The summed E-state index contributed by atoms with van der Waals surface area (Å²) in [5.41, 5.74) is 1.09. The first-order valence-corrected chi connectivity index (χ1v) is 21.1. The Hall–Kier alpha value is -5.16. The largest absolute Gasteiger partial charge is 0.508 e. The number of carbonyl (C=O) groups excluding carboxylic acids is 6. The van der Waals surface area contributed by atoms with E-state index in [1.54, 1.807) is 70.2 Å². The van der Waals surface area contributed by atoms with E-state index < -0.39 is 77.9 Å². The van der Waals surface area contributed by atoms with Crippen molar-refractivity contribution in [2.45, 2.75) is 122 Å². The summed E-state index contributed by atoms with van der Waals surface area (Å²) in [4.78, 5) is 92.1. The number of esters is 1. The van der Waals surface area contributed by atoms with Crippen molar-refractivity contribution in [3.63, 3.8) is 0 Å². The van der Waals surface area contributed by atoms with Gasteiger partial charge in [-0.1, -0.05) is 69.4 Å². The normalized spacial score (nSPS) is 29.2. The zero-order chi connectivity index (χ0) is 44.6. The summed E-state index contributed by atoms with van der Waals surface area (Å²) in [6, 6.07) is 3.68. The van der Waals surface area contributed by atoms with E-state index in [2.05, 4.69) is 10.6 Å². The molecule has 3 aliphatic rings. The maximum absolute atomic E-state index is 14.3. The number of phenolic OH excluding ortho intramolecular Hbond substituents is 1. The van der Waals surface area contributed by atoms with E-state index in [-0.39, 0.29) is 56.1 Å². The topological polar surface area (TPSA) is 221 Å². The van der Waals surface area contributed by atoms with E-state index in [0.29, 0.717) is 30.7 Å². The number of hydrogen-bond donors (Lipinski definition) is 5. The van der Waals surface area contributed by atoms with Crippen molar-refractivity contribution in [3.05, 3.63) is 77.9 Å². The first kappa shape index (κ1) is 48.5. The quantitative estimate of drug-likeness (QED) is 0.137. The molecule has 0 aliphatic carbocycles. The fraction of sp³-hybridized carbons (Fsp3) is 0.556. The molecule has 1 unspecified atom stereocenters. The summed E-state index contributed by atoms with van der Waals surface area (Å²) >= 11 is 0. The highest BCUT2D eigenvalue weighted by molar-refractivity contribution is 5.93. The molecule has 2 fully saturated rings. The molecule has 2 saturated heterocycles. The van der Waals surface area contributed by atoms with E-state index in [9.17, 15) is 44.1 Å². The van der Waals surface area contributed by atoms with E-state index in [1.165, 1.54) is 36.3 Å². The number of amides is 4. The number of rotatable bonds is 9. The number of hydrogen-bond acceptors (Lipinski definition) is 12. The van der Waals surface area contributed by atoms with Gasteiger partial charge in [0, 0.05) is 44.3 Å². The summed E-state index contributed by atoms with van der Waals surface area (Å²) in [6.07, 6.45) is 8.50. The number of benzene rings is 1. The number of nitrogens with zero attached hydrogens (tertiary/aromatic N) is 2. The molecule has 0 radical (unpaired) electrons. The molecule has 5 N–H and O–H groups in total. The van der Waals surface area contributed by atoms with Gasteiger partial charge in [0.05, 0.1) is 24.7 Å². The Kier molecular flexibility index (Phi) is 18.9. The molecule has 3 aliphatic heterocycles. The molecule has 4 rings (SSSR count). The van der Waals surface area contributed by atoms with Crippen molar-refractivity contribution in [1.29, 1.82) is 0 Å². The number of nitrogens with one attached hydrogen (secondary N) is 2. The van der Waals surface area contributed by atoms with Crippen LogP contribution >= 0.6 is 0 Å². The molecule has 1 aromatic rings. The number of carbonyl (C=O) groups is 6. The monoisotopic (exact) mass is 850 g/mol. The Bertz CT molecular complexity index is 1820. The van der Waals surface area contributed by atoms with Gasteiger partial charge in [0.2, 0.25) is 11.8 Å². The predicted octanol–water partition coefficient (Wildman–Crippen LogP) is 3.31. The highest BCUT2D eigenvalue weighted by atomic mass is 16.7. The fourth-order valence-corrected chi connectivity index (χ4v) is 7.16. The molecular weight excluding hydrogens is 789 g/mol. The number of aliphatic hydroxyl groups is 2. The Morgan fingerprint density at radius 2 is 1.77 bits per heavy atom. The van der Waals surface area contributed by atoms with Crippen LogP contribution in [0.4, 0.5) is 0 Å². The van der Waals surface area contributed by atoms with Crippen molar-refractivity contribution in [2.24, 2.45) is 17.8 Å². The number of Topliss-reactive ketones (excluding diaryl/α,β-unsaturated/α-hetero) is 1. The van der Waals surface area contributed by atoms with Crippen LogP contribution in [0.25, 0.3) is 0 Å². The molecule has 4 amide bonds. The highest BCUT2D eigenvalue weighted by Gasteiger charge is 2.39. The molecule has 61 heavy (non-hydrogen) atoms. The van der Waals surface area contributed by atoms with Crippen molar-refractivity contribution in [2.75, 3.05) is 19.7 Å². The molecule has 16 heteroatoms. The summed E-state index contributed by atoms with van der Waals surface area (Å²) in [6.45, 7) is 9.09. The molecule has 1 aromatic carbocycles. The Morgan fingerprint density at radius 1 is 1.00 bits per heavy atom. The van der Waals surface area contributed by atoms with E-state index in [1.807, 2.05) is 0 Å². The number of aromatic hydroxyl groups is 1. The summed E-state index contributed by atoms with van der Waals surface area (Å²) < 4.78 is 5.98. The third-order valence-electron chi connectivity index (χ3n) is 11.0. The minimum atomic E-state index is -1.43. The Balaban J connectivity index is 1.70. The van der Waals surface area contributed by atoms with Crippen LogP contribution in [0.15, 0.2) is 72.4 Å². The van der Waals surface area contributed by atoms with Crippen molar-refractivity contribution >= 4 is 35.4 Å². The van der Waals surface area contributed by atoms with Crippen molar-refractivity contribution in [3.8, 4) is 5.75 Å². The third kappa shape index (κ3) is 14.8. The molecular formula is C45H62N4O12. The van der Waals surface area contributed by atoms with Crippen LogP contribution in [-0.4, -0.2) is 117 Å². The first-order chi connectivity index (χ1) is 29.0. The molecule has 2 bridgehead atoms. The summed E-state index contributed by atoms with van der Waals surface area (Å²) in [7, 11) is 0. The smallest absolute Gasteiger partial charge is 0.338 e. The second-order valence-electron chi connectivity index (χ2n) is 16.3. The van der Waals surface area contributed by atoms with Gasteiger partial charge in [-0.3, -0.25) is 28.9 Å². The molecule has 0 spiro atoms. The van der Waals surface area contributed by atoms with Gasteiger partial charge < -0.3 is 35.5 Å². The van der Waals surface area contributed by atoms with Crippen LogP contribution in [0.1, 0.15) is 85.1 Å².